The minimum absolute atomic E-state index is 0.0356. The Labute approximate surface area is 158 Å². The molecule has 2 amide bonds. The average Bonchev–Trinajstić information content (AvgIpc) is 2.56. The maximum Gasteiger partial charge on any atom is 0.407 e. The molecule has 1 heterocycles. The maximum atomic E-state index is 12.3. The van der Waals surface area contributed by atoms with E-state index >= 15 is 0 Å². The molecule has 1 rings (SSSR count). The summed E-state index contributed by atoms with van der Waals surface area (Å²) in [4.78, 5) is 40.0. The van der Waals surface area contributed by atoms with Crippen LogP contribution in [0.25, 0.3) is 0 Å². The molecule has 0 aliphatic heterocycles. The van der Waals surface area contributed by atoms with Crippen LogP contribution in [0.3, 0.4) is 0 Å². The molecule has 9 heteroatoms. The van der Waals surface area contributed by atoms with E-state index in [1.54, 1.807) is 39.8 Å². The zero-order valence-electron chi connectivity index (χ0n) is 16.2. The van der Waals surface area contributed by atoms with Crippen LogP contribution in [-0.4, -0.2) is 52.4 Å². The van der Waals surface area contributed by atoms with Gasteiger partial charge in [-0.3, -0.25) is 4.79 Å². The van der Waals surface area contributed by atoms with E-state index in [4.69, 9.17) is 9.47 Å². The minimum atomic E-state index is -1.21. The van der Waals surface area contributed by atoms with Gasteiger partial charge in [0.05, 0.1) is 24.9 Å². The van der Waals surface area contributed by atoms with E-state index in [2.05, 4.69) is 15.6 Å². The second-order valence-corrected chi connectivity index (χ2v) is 6.81. The molecule has 1 aromatic heterocycles. The number of amides is 2. The number of pyridine rings is 1. The summed E-state index contributed by atoms with van der Waals surface area (Å²) in [5.41, 5.74) is -0.158. The summed E-state index contributed by atoms with van der Waals surface area (Å²) in [5, 5.41) is 14.6. The van der Waals surface area contributed by atoms with E-state index < -0.39 is 35.7 Å². The van der Waals surface area contributed by atoms with Gasteiger partial charge in [0, 0.05) is 0 Å². The lowest BCUT2D eigenvalue weighted by atomic mass is 10.1. The molecule has 0 fully saturated rings. The molecule has 150 valence electrons. The zero-order valence-corrected chi connectivity index (χ0v) is 16.2. The summed E-state index contributed by atoms with van der Waals surface area (Å²) in [5.74, 6) is -1.38. The van der Waals surface area contributed by atoms with Crippen LogP contribution in [0.15, 0.2) is 18.2 Å². The molecule has 0 spiro atoms. The van der Waals surface area contributed by atoms with E-state index in [-0.39, 0.29) is 18.8 Å². The maximum absolute atomic E-state index is 12.3. The smallest absolute Gasteiger partial charge is 0.407 e. The Balaban J connectivity index is 2.75. The summed E-state index contributed by atoms with van der Waals surface area (Å²) in [6.07, 6.45) is -1.74. The first kappa shape index (κ1) is 22.4. The number of carbonyl (C=O) groups is 3. The van der Waals surface area contributed by atoms with Crippen molar-refractivity contribution in [1.29, 1.82) is 0 Å². The third-order valence-electron chi connectivity index (χ3n) is 3.16. The fourth-order valence-corrected chi connectivity index (χ4v) is 2.01. The fourth-order valence-electron chi connectivity index (χ4n) is 2.01. The molecule has 3 N–H and O–H groups in total. The predicted molar refractivity (Wildman–Crippen MR) is 96.9 cm³/mol. The van der Waals surface area contributed by atoms with Gasteiger partial charge in [0.15, 0.2) is 6.04 Å². The molecule has 0 aromatic carbocycles. The normalized spacial score (nSPS) is 13.3. The van der Waals surface area contributed by atoms with Gasteiger partial charge in [-0.2, -0.15) is 0 Å². The average molecular weight is 381 g/mol. The minimum Gasteiger partial charge on any atom is -0.464 e. The highest BCUT2D eigenvalue weighted by Gasteiger charge is 2.27. The van der Waals surface area contributed by atoms with Crippen molar-refractivity contribution < 1.29 is 29.0 Å². The molecule has 27 heavy (non-hydrogen) atoms. The molecule has 0 bridgehead atoms. The van der Waals surface area contributed by atoms with Gasteiger partial charge in [-0.05, 0) is 46.8 Å². The Hall–Kier alpha value is -2.68. The first-order valence-electron chi connectivity index (χ1n) is 8.62. The highest BCUT2D eigenvalue weighted by molar-refractivity contribution is 5.95. The number of hydrogen-bond donors (Lipinski definition) is 3. The van der Waals surface area contributed by atoms with Crippen LogP contribution >= 0.6 is 0 Å². The lowest BCUT2D eigenvalue weighted by Gasteiger charge is -2.20. The molecule has 2 unspecified atom stereocenters. The molecule has 0 aliphatic rings. The van der Waals surface area contributed by atoms with Crippen LogP contribution in [0.4, 0.5) is 4.79 Å². The van der Waals surface area contributed by atoms with Crippen LogP contribution in [0.5, 0.6) is 0 Å². The Morgan fingerprint density at radius 1 is 1.26 bits per heavy atom. The lowest BCUT2D eigenvalue weighted by molar-refractivity contribution is -0.148. The highest BCUT2D eigenvalue weighted by atomic mass is 16.6. The summed E-state index contributed by atoms with van der Waals surface area (Å²) in [6.45, 7) is 8.43. The van der Waals surface area contributed by atoms with Gasteiger partial charge < -0.3 is 25.2 Å². The number of hydrogen-bond acceptors (Lipinski definition) is 7. The molecular formula is C18H27N3O6. The summed E-state index contributed by atoms with van der Waals surface area (Å²) in [6, 6.07) is 3.47. The van der Waals surface area contributed by atoms with Gasteiger partial charge in [0.2, 0.25) is 0 Å². The van der Waals surface area contributed by atoms with Gasteiger partial charge in [-0.25, -0.2) is 14.6 Å². The monoisotopic (exact) mass is 381 g/mol. The predicted octanol–water partition coefficient (Wildman–Crippen LogP) is 1.15. The Morgan fingerprint density at radius 3 is 2.48 bits per heavy atom. The molecule has 2 atom stereocenters. The van der Waals surface area contributed by atoms with Crippen molar-refractivity contribution in [3.63, 3.8) is 0 Å². The number of carbonyl (C=O) groups excluding carboxylic acids is 3. The number of aliphatic hydroxyl groups excluding tert-OH is 1. The molecule has 0 radical (unpaired) electrons. The zero-order chi connectivity index (χ0) is 20.6. The van der Waals surface area contributed by atoms with E-state index in [1.165, 1.54) is 13.0 Å². The summed E-state index contributed by atoms with van der Waals surface area (Å²) in [7, 11) is 0. The van der Waals surface area contributed by atoms with Crippen molar-refractivity contribution in [1.82, 2.24) is 15.6 Å². The Bertz CT molecular complexity index is 669. The highest BCUT2D eigenvalue weighted by Crippen LogP contribution is 2.07. The second-order valence-electron chi connectivity index (χ2n) is 6.81. The number of rotatable bonds is 7. The Kier molecular flexibility index (Phi) is 8.17. The van der Waals surface area contributed by atoms with Crippen molar-refractivity contribution in [3.8, 4) is 0 Å². The second kappa shape index (κ2) is 9.86. The largest absolute Gasteiger partial charge is 0.464 e. The van der Waals surface area contributed by atoms with E-state index in [0.717, 1.165) is 0 Å². The number of ether oxygens (including phenoxy) is 2. The van der Waals surface area contributed by atoms with Gasteiger partial charge in [-0.15, -0.1) is 0 Å². The van der Waals surface area contributed by atoms with Crippen LogP contribution < -0.4 is 10.6 Å². The molecular weight excluding hydrogens is 354 g/mol. The summed E-state index contributed by atoms with van der Waals surface area (Å²) < 4.78 is 9.96. The Morgan fingerprint density at radius 2 is 1.93 bits per heavy atom. The third-order valence-corrected chi connectivity index (χ3v) is 3.16. The van der Waals surface area contributed by atoms with Gasteiger partial charge in [0.25, 0.3) is 5.91 Å². The van der Waals surface area contributed by atoms with E-state index in [1.807, 2.05) is 0 Å². The number of esters is 1. The van der Waals surface area contributed by atoms with E-state index in [9.17, 15) is 19.5 Å². The van der Waals surface area contributed by atoms with E-state index in [0.29, 0.717) is 5.69 Å². The van der Waals surface area contributed by atoms with Gasteiger partial charge in [-0.1, -0.05) is 6.07 Å². The fraction of sp³-hybridized carbons (Fsp3) is 0.556. The van der Waals surface area contributed by atoms with Crippen molar-refractivity contribution in [2.75, 3.05) is 6.61 Å². The molecule has 0 saturated heterocycles. The standard InChI is InChI=1S/C18H27N3O6/c1-6-26-16(24)14(11(2)22)21-15(23)13-9-7-8-12(20-13)10-19-17(25)27-18(3,4)5/h7-9,11,14,22H,6,10H2,1-5H3,(H,19,25)(H,21,23). The van der Waals surface area contributed by atoms with Crippen molar-refractivity contribution >= 4 is 18.0 Å². The first-order chi connectivity index (χ1) is 12.5. The van der Waals surface area contributed by atoms with Crippen molar-refractivity contribution in [2.24, 2.45) is 0 Å². The van der Waals surface area contributed by atoms with Crippen LogP contribution in [0, 0.1) is 0 Å². The molecule has 9 nitrogen and oxygen atoms in total. The molecule has 0 aliphatic carbocycles. The third kappa shape index (κ3) is 8.04. The number of alkyl carbamates (subject to hydrolysis) is 1. The topological polar surface area (TPSA) is 127 Å². The first-order valence-corrected chi connectivity index (χ1v) is 8.62. The van der Waals surface area contributed by atoms with Crippen molar-refractivity contribution in [3.05, 3.63) is 29.6 Å². The number of aliphatic hydroxyl groups is 1. The number of nitrogens with one attached hydrogen (secondary N) is 2. The molecule has 1 aromatic rings. The van der Waals surface area contributed by atoms with Gasteiger partial charge in [0.1, 0.15) is 11.3 Å². The van der Waals surface area contributed by atoms with Crippen LogP contribution in [0.1, 0.15) is 50.8 Å². The number of aromatic nitrogens is 1. The van der Waals surface area contributed by atoms with Crippen molar-refractivity contribution in [2.45, 2.75) is 58.9 Å². The van der Waals surface area contributed by atoms with Crippen LogP contribution in [0.2, 0.25) is 0 Å². The lowest BCUT2D eigenvalue weighted by Crippen LogP contribution is -2.48. The van der Waals surface area contributed by atoms with Crippen LogP contribution in [-0.2, 0) is 20.8 Å². The quantitative estimate of drug-likeness (QED) is 0.605. The molecule has 0 saturated carbocycles. The summed E-state index contributed by atoms with van der Waals surface area (Å²) >= 11 is 0. The number of nitrogens with zero attached hydrogens (tertiary/aromatic N) is 1. The SMILES string of the molecule is CCOC(=O)C(NC(=O)c1cccc(CNC(=O)OC(C)(C)C)n1)C(C)O. The van der Waals surface area contributed by atoms with Gasteiger partial charge >= 0.3 is 12.1 Å².